The first kappa shape index (κ1) is 17.3. The molecule has 5 nitrogen and oxygen atoms in total. The summed E-state index contributed by atoms with van der Waals surface area (Å²) >= 11 is 3.39. The second-order valence-corrected chi connectivity index (χ2v) is 6.72. The highest BCUT2D eigenvalue weighted by Gasteiger charge is 2.12. The Labute approximate surface area is 164 Å². The highest BCUT2D eigenvalue weighted by atomic mass is 79.9. The topological polar surface area (TPSA) is 64.4 Å². The predicted molar refractivity (Wildman–Crippen MR) is 108 cm³/mol. The number of nitrogens with zero attached hydrogens (tertiary/aromatic N) is 1. The van der Waals surface area contributed by atoms with Crippen molar-refractivity contribution >= 4 is 38.6 Å². The quantitative estimate of drug-likeness (QED) is 0.470. The Morgan fingerprint density at radius 3 is 2.74 bits per heavy atom. The summed E-state index contributed by atoms with van der Waals surface area (Å²) in [6, 6.07) is 20.2. The van der Waals surface area contributed by atoms with Gasteiger partial charge in [-0.25, -0.2) is 4.98 Å². The Morgan fingerprint density at radius 2 is 1.93 bits per heavy atom. The van der Waals surface area contributed by atoms with Gasteiger partial charge in [-0.15, -0.1) is 0 Å². The van der Waals surface area contributed by atoms with Crippen LogP contribution >= 0.6 is 15.9 Å². The number of amides is 1. The summed E-state index contributed by atoms with van der Waals surface area (Å²) in [7, 11) is 1.62. The van der Waals surface area contributed by atoms with Crippen LogP contribution in [-0.2, 0) is 0 Å². The first-order chi connectivity index (χ1) is 13.1. The highest BCUT2D eigenvalue weighted by molar-refractivity contribution is 9.10. The third kappa shape index (κ3) is 3.57. The molecule has 134 valence electrons. The minimum Gasteiger partial charge on any atom is -0.497 e. The minimum absolute atomic E-state index is 0.200. The maximum absolute atomic E-state index is 12.5. The van der Waals surface area contributed by atoms with Crippen LogP contribution in [0.5, 0.6) is 5.75 Å². The number of aromatic nitrogens is 1. The Bertz CT molecular complexity index is 1140. The number of fused-ring (bicyclic) bond motifs is 1. The number of benzene rings is 3. The van der Waals surface area contributed by atoms with Crippen molar-refractivity contribution in [2.45, 2.75) is 0 Å². The smallest absolute Gasteiger partial charge is 0.256 e. The number of halogens is 1. The molecule has 0 aliphatic heterocycles. The molecule has 0 atom stereocenters. The third-order valence-corrected chi connectivity index (χ3v) is 4.77. The average Bonchev–Trinajstić information content (AvgIpc) is 3.12. The van der Waals surface area contributed by atoms with Crippen molar-refractivity contribution in [2.75, 3.05) is 12.4 Å². The molecule has 1 N–H and O–H groups in total. The van der Waals surface area contributed by atoms with E-state index in [1.165, 1.54) is 0 Å². The van der Waals surface area contributed by atoms with Crippen LogP contribution in [0, 0.1) is 0 Å². The molecule has 4 aromatic rings. The summed E-state index contributed by atoms with van der Waals surface area (Å²) in [5.74, 6) is 1.03. The molecule has 6 heteroatoms. The zero-order valence-electron chi connectivity index (χ0n) is 14.4. The van der Waals surface area contributed by atoms with Crippen molar-refractivity contribution in [1.29, 1.82) is 0 Å². The van der Waals surface area contributed by atoms with Gasteiger partial charge in [-0.3, -0.25) is 4.79 Å². The standard InChI is InChI=1S/C21H15BrN2O3/c1-26-15-6-4-5-13(11-15)21-24-18-10-9-14(12-19(18)27-21)23-20(25)16-7-2-3-8-17(16)22/h2-12H,1H3,(H,23,25). The molecule has 0 bridgehead atoms. The number of nitrogens with one attached hydrogen (secondary N) is 1. The number of hydrogen-bond donors (Lipinski definition) is 1. The lowest BCUT2D eigenvalue weighted by molar-refractivity contribution is 0.102. The number of carbonyl (C=O) groups excluding carboxylic acids is 1. The number of hydrogen-bond acceptors (Lipinski definition) is 4. The lowest BCUT2D eigenvalue weighted by atomic mass is 10.2. The van der Waals surface area contributed by atoms with Crippen molar-refractivity contribution in [3.63, 3.8) is 0 Å². The van der Waals surface area contributed by atoms with Crippen molar-refractivity contribution in [3.05, 3.63) is 76.8 Å². The molecular formula is C21H15BrN2O3. The Morgan fingerprint density at radius 1 is 1.07 bits per heavy atom. The first-order valence-corrected chi connectivity index (χ1v) is 9.04. The minimum atomic E-state index is -0.200. The fraction of sp³-hybridized carbons (Fsp3) is 0.0476. The zero-order valence-corrected chi connectivity index (χ0v) is 16.0. The number of rotatable bonds is 4. The van der Waals surface area contributed by atoms with E-state index in [0.29, 0.717) is 28.2 Å². The van der Waals surface area contributed by atoms with Gasteiger partial charge in [0.15, 0.2) is 5.58 Å². The van der Waals surface area contributed by atoms with Gasteiger partial charge in [0.2, 0.25) is 5.89 Å². The van der Waals surface area contributed by atoms with Crippen LogP contribution in [0.25, 0.3) is 22.6 Å². The lowest BCUT2D eigenvalue weighted by Crippen LogP contribution is -2.12. The summed E-state index contributed by atoms with van der Waals surface area (Å²) in [5.41, 5.74) is 3.33. The number of carbonyl (C=O) groups is 1. The van der Waals surface area contributed by atoms with Crippen molar-refractivity contribution < 1.29 is 13.9 Å². The fourth-order valence-electron chi connectivity index (χ4n) is 2.73. The molecule has 0 aliphatic carbocycles. The van der Waals surface area contributed by atoms with E-state index < -0.39 is 0 Å². The summed E-state index contributed by atoms with van der Waals surface area (Å²) in [5, 5.41) is 2.88. The van der Waals surface area contributed by atoms with Gasteiger partial charge < -0.3 is 14.5 Å². The maximum Gasteiger partial charge on any atom is 0.256 e. The van der Waals surface area contributed by atoms with E-state index in [0.717, 1.165) is 15.8 Å². The highest BCUT2D eigenvalue weighted by Crippen LogP contribution is 2.28. The van der Waals surface area contributed by atoms with Crippen LogP contribution in [0.1, 0.15) is 10.4 Å². The van der Waals surface area contributed by atoms with Crippen LogP contribution in [0.2, 0.25) is 0 Å². The van der Waals surface area contributed by atoms with E-state index in [4.69, 9.17) is 9.15 Å². The summed E-state index contributed by atoms with van der Waals surface area (Å²) in [4.78, 5) is 17.0. The molecule has 1 amide bonds. The molecule has 0 unspecified atom stereocenters. The van der Waals surface area contributed by atoms with Gasteiger partial charge in [-0.05, 0) is 58.4 Å². The lowest BCUT2D eigenvalue weighted by Gasteiger charge is -2.06. The van der Waals surface area contributed by atoms with Gasteiger partial charge in [-0.1, -0.05) is 18.2 Å². The molecule has 0 spiro atoms. The van der Waals surface area contributed by atoms with Crippen LogP contribution in [-0.4, -0.2) is 18.0 Å². The van der Waals surface area contributed by atoms with Gasteiger partial charge in [0.1, 0.15) is 11.3 Å². The van der Waals surface area contributed by atoms with Crippen molar-refractivity contribution in [2.24, 2.45) is 0 Å². The van der Waals surface area contributed by atoms with Gasteiger partial charge in [-0.2, -0.15) is 0 Å². The fourth-order valence-corrected chi connectivity index (χ4v) is 3.19. The third-order valence-electron chi connectivity index (χ3n) is 4.08. The van der Waals surface area contributed by atoms with E-state index in [-0.39, 0.29) is 5.91 Å². The summed E-state index contributed by atoms with van der Waals surface area (Å²) in [6.07, 6.45) is 0. The predicted octanol–water partition coefficient (Wildman–Crippen LogP) is 5.52. The van der Waals surface area contributed by atoms with E-state index >= 15 is 0 Å². The van der Waals surface area contributed by atoms with E-state index in [1.807, 2.05) is 48.5 Å². The molecule has 0 saturated heterocycles. The molecule has 1 aromatic heterocycles. The Hall–Kier alpha value is -3.12. The molecule has 0 saturated carbocycles. The Balaban J connectivity index is 1.63. The van der Waals surface area contributed by atoms with Crippen LogP contribution < -0.4 is 10.1 Å². The molecule has 27 heavy (non-hydrogen) atoms. The molecule has 3 aromatic carbocycles. The normalized spacial score (nSPS) is 10.7. The number of methoxy groups -OCH3 is 1. The summed E-state index contributed by atoms with van der Waals surface area (Å²) < 4.78 is 11.9. The second kappa shape index (κ2) is 7.25. The number of anilines is 1. The monoisotopic (exact) mass is 422 g/mol. The van der Waals surface area contributed by atoms with E-state index in [9.17, 15) is 4.79 Å². The maximum atomic E-state index is 12.5. The van der Waals surface area contributed by atoms with E-state index in [2.05, 4.69) is 26.2 Å². The van der Waals surface area contributed by atoms with Crippen LogP contribution in [0.15, 0.2) is 75.6 Å². The zero-order chi connectivity index (χ0) is 18.8. The van der Waals surface area contributed by atoms with Crippen molar-refractivity contribution in [3.8, 4) is 17.2 Å². The molecule has 0 fully saturated rings. The largest absolute Gasteiger partial charge is 0.497 e. The average molecular weight is 423 g/mol. The van der Waals surface area contributed by atoms with E-state index in [1.54, 1.807) is 25.3 Å². The molecule has 0 radical (unpaired) electrons. The van der Waals surface area contributed by atoms with Gasteiger partial charge in [0, 0.05) is 21.8 Å². The van der Waals surface area contributed by atoms with Gasteiger partial charge in [0.25, 0.3) is 5.91 Å². The van der Waals surface area contributed by atoms with Crippen molar-refractivity contribution in [1.82, 2.24) is 4.98 Å². The molecule has 4 rings (SSSR count). The van der Waals surface area contributed by atoms with Gasteiger partial charge >= 0.3 is 0 Å². The SMILES string of the molecule is COc1cccc(-c2nc3ccc(NC(=O)c4ccccc4Br)cc3o2)c1. The van der Waals surface area contributed by atoms with Gasteiger partial charge in [0.05, 0.1) is 12.7 Å². The Kier molecular flexibility index (Phi) is 4.64. The first-order valence-electron chi connectivity index (χ1n) is 8.25. The summed E-state index contributed by atoms with van der Waals surface area (Å²) in [6.45, 7) is 0. The number of oxazole rings is 1. The second-order valence-electron chi connectivity index (χ2n) is 5.87. The van der Waals surface area contributed by atoms with Crippen LogP contribution in [0.4, 0.5) is 5.69 Å². The van der Waals surface area contributed by atoms with Crippen LogP contribution in [0.3, 0.4) is 0 Å². The molecule has 0 aliphatic rings. The molecule has 1 heterocycles. The molecular weight excluding hydrogens is 408 g/mol. The number of ether oxygens (including phenoxy) is 1.